The summed E-state index contributed by atoms with van der Waals surface area (Å²) in [5, 5.41) is 9.57. The predicted molar refractivity (Wildman–Crippen MR) is 110 cm³/mol. The monoisotopic (exact) mass is 442 g/mol. The third-order valence-corrected chi connectivity index (χ3v) is 6.88. The molecule has 10 heteroatoms. The Morgan fingerprint density at radius 2 is 1.97 bits per heavy atom. The Morgan fingerprint density at radius 1 is 1.19 bits per heavy atom. The summed E-state index contributed by atoms with van der Waals surface area (Å²) >= 11 is 0. The predicted octanol–water partition coefficient (Wildman–Crippen LogP) is 2.73. The van der Waals surface area contributed by atoms with Crippen molar-refractivity contribution in [2.75, 3.05) is 0 Å². The zero-order valence-electron chi connectivity index (χ0n) is 16.8. The second-order valence-electron chi connectivity index (χ2n) is 7.16. The van der Waals surface area contributed by atoms with Gasteiger partial charge in [0.1, 0.15) is 12.4 Å². The van der Waals surface area contributed by atoms with Gasteiger partial charge in [0.25, 0.3) is 0 Å². The van der Waals surface area contributed by atoms with E-state index in [1.165, 1.54) is 36.8 Å². The Morgan fingerprint density at radius 3 is 2.65 bits per heavy atom. The molecule has 8 nitrogen and oxygen atoms in total. The second kappa shape index (κ2) is 7.62. The molecule has 0 amide bonds. The number of rotatable bonds is 6. The van der Waals surface area contributed by atoms with Crippen LogP contribution in [0, 0.1) is 12.7 Å². The molecule has 0 spiro atoms. The van der Waals surface area contributed by atoms with Crippen molar-refractivity contribution in [2.45, 2.75) is 29.9 Å². The molecule has 0 saturated heterocycles. The molecule has 0 aliphatic rings. The SMILES string of the molecule is Cc1c(Cc2c(S(=O)(=O)c3ccccn3)ncn2C)c2cc(F)ccc2n1CC(=O)O. The number of halogens is 1. The van der Waals surface area contributed by atoms with E-state index in [2.05, 4.69) is 9.97 Å². The van der Waals surface area contributed by atoms with Crippen LogP contribution in [0.25, 0.3) is 10.9 Å². The maximum absolute atomic E-state index is 14.0. The lowest BCUT2D eigenvalue weighted by Crippen LogP contribution is -2.11. The van der Waals surface area contributed by atoms with Crippen molar-refractivity contribution in [3.05, 3.63) is 71.7 Å². The van der Waals surface area contributed by atoms with Gasteiger partial charge >= 0.3 is 5.97 Å². The van der Waals surface area contributed by atoms with Gasteiger partial charge < -0.3 is 14.2 Å². The first-order chi connectivity index (χ1) is 14.7. The largest absolute Gasteiger partial charge is 0.480 e. The highest BCUT2D eigenvalue weighted by Crippen LogP contribution is 2.31. The van der Waals surface area contributed by atoms with Crippen molar-refractivity contribution in [3.63, 3.8) is 0 Å². The number of pyridine rings is 1. The maximum Gasteiger partial charge on any atom is 0.323 e. The average molecular weight is 442 g/mol. The highest BCUT2D eigenvalue weighted by atomic mass is 32.2. The van der Waals surface area contributed by atoms with Gasteiger partial charge in [-0.3, -0.25) is 4.79 Å². The number of carbonyl (C=O) groups is 1. The van der Waals surface area contributed by atoms with Gasteiger partial charge in [-0.1, -0.05) is 6.07 Å². The molecule has 31 heavy (non-hydrogen) atoms. The maximum atomic E-state index is 14.0. The highest BCUT2D eigenvalue weighted by molar-refractivity contribution is 7.91. The lowest BCUT2D eigenvalue weighted by molar-refractivity contribution is -0.137. The second-order valence-corrected chi connectivity index (χ2v) is 8.97. The van der Waals surface area contributed by atoms with Crippen LogP contribution in [0.3, 0.4) is 0 Å². The minimum absolute atomic E-state index is 0.119. The molecule has 3 heterocycles. The number of hydrogen-bond donors (Lipinski definition) is 1. The first-order valence-electron chi connectivity index (χ1n) is 9.35. The van der Waals surface area contributed by atoms with Crippen molar-refractivity contribution in [3.8, 4) is 0 Å². The van der Waals surface area contributed by atoms with E-state index in [-0.39, 0.29) is 23.0 Å². The highest BCUT2D eigenvalue weighted by Gasteiger charge is 2.28. The fourth-order valence-corrected chi connectivity index (χ4v) is 5.09. The fraction of sp³-hybridized carbons (Fsp3) is 0.190. The molecule has 160 valence electrons. The van der Waals surface area contributed by atoms with Gasteiger partial charge in [0.2, 0.25) is 9.84 Å². The van der Waals surface area contributed by atoms with E-state index in [1.807, 2.05) is 0 Å². The van der Waals surface area contributed by atoms with Gasteiger partial charge in [-0.15, -0.1) is 0 Å². The van der Waals surface area contributed by atoms with Crippen LogP contribution in [-0.4, -0.2) is 38.6 Å². The van der Waals surface area contributed by atoms with Gasteiger partial charge in [-0.05, 0) is 42.8 Å². The molecule has 0 saturated carbocycles. The number of aliphatic carboxylic acids is 1. The fourth-order valence-electron chi connectivity index (χ4n) is 3.72. The third kappa shape index (κ3) is 3.59. The van der Waals surface area contributed by atoms with E-state index in [0.29, 0.717) is 27.9 Å². The minimum atomic E-state index is -3.97. The molecule has 0 radical (unpaired) electrons. The Bertz CT molecular complexity index is 1410. The number of aromatic nitrogens is 4. The van der Waals surface area contributed by atoms with Crippen LogP contribution >= 0.6 is 0 Å². The molecule has 4 rings (SSSR count). The van der Waals surface area contributed by atoms with E-state index >= 15 is 0 Å². The average Bonchev–Trinajstić information content (AvgIpc) is 3.22. The van der Waals surface area contributed by atoms with Gasteiger partial charge in [0, 0.05) is 36.3 Å². The Balaban J connectivity index is 1.89. The molecule has 0 aliphatic heterocycles. The van der Waals surface area contributed by atoms with Crippen LogP contribution in [0.15, 0.2) is 59.0 Å². The van der Waals surface area contributed by atoms with Gasteiger partial charge in [-0.2, -0.15) is 0 Å². The normalized spacial score (nSPS) is 11.8. The topological polar surface area (TPSA) is 107 Å². The summed E-state index contributed by atoms with van der Waals surface area (Å²) in [4.78, 5) is 19.4. The van der Waals surface area contributed by atoms with Crippen LogP contribution in [0.4, 0.5) is 4.39 Å². The molecule has 0 fully saturated rings. The van der Waals surface area contributed by atoms with Crippen LogP contribution in [0.5, 0.6) is 0 Å². The van der Waals surface area contributed by atoms with Gasteiger partial charge in [-0.25, -0.2) is 22.8 Å². The standard InChI is InChI=1S/C21H19FN4O4S/c1-13-15(16-9-14(22)6-7-17(16)26(13)11-20(27)28)10-18-21(24-12-25(18)2)31(29,30)19-5-3-4-8-23-19/h3-9,12H,10-11H2,1-2H3,(H,27,28). The summed E-state index contributed by atoms with van der Waals surface area (Å²) in [5.41, 5.74) is 2.21. The Labute approximate surface area is 177 Å². The van der Waals surface area contributed by atoms with Crippen LogP contribution < -0.4 is 0 Å². The number of fused-ring (bicyclic) bond motifs is 1. The van der Waals surface area contributed by atoms with Crippen molar-refractivity contribution in [2.24, 2.45) is 7.05 Å². The van der Waals surface area contributed by atoms with E-state index < -0.39 is 21.6 Å². The number of nitrogens with zero attached hydrogens (tertiary/aromatic N) is 4. The number of imidazole rings is 1. The molecular weight excluding hydrogens is 423 g/mol. The zero-order valence-corrected chi connectivity index (χ0v) is 17.6. The lowest BCUT2D eigenvalue weighted by atomic mass is 10.1. The quantitative estimate of drug-likeness (QED) is 0.492. The third-order valence-electron chi connectivity index (χ3n) is 5.24. The lowest BCUT2D eigenvalue weighted by Gasteiger charge is -2.09. The number of aryl methyl sites for hydroxylation is 1. The van der Waals surface area contributed by atoms with Crippen molar-refractivity contribution < 1.29 is 22.7 Å². The minimum Gasteiger partial charge on any atom is -0.480 e. The number of sulfone groups is 1. The smallest absolute Gasteiger partial charge is 0.323 e. The summed E-state index contributed by atoms with van der Waals surface area (Å²) in [6, 6.07) is 8.72. The van der Waals surface area contributed by atoms with Crippen molar-refractivity contribution >= 4 is 26.7 Å². The van der Waals surface area contributed by atoms with Crippen LogP contribution in [0.1, 0.15) is 17.0 Å². The zero-order chi connectivity index (χ0) is 22.3. The van der Waals surface area contributed by atoms with Gasteiger partial charge in [0.15, 0.2) is 10.1 Å². The Hall–Kier alpha value is -3.53. The summed E-state index contributed by atoms with van der Waals surface area (Å²) in [5.74, 6) is -1.50. The first kappa shape index (κ1) is 20.7. The van der Waals surface area contributed by atoms with Crippen LogP contribution in [0.2, 0.25) is 0 Å². The van der Waals surface area contributed by atoms with E-state index in [4.69, 9.17) is 0 Å². The van der Waals surface area contributed by atoms with Crippen LogP contribution in [-0.2, 0) is 34.6 Å². The summed E-state index contributed by atoms with van der Waals surface area (Å²) in [6.07, 6.45) is 2.91. The Kier molecular flexibility index (Phi) is 5.10. The van der Waals surface area contributed by atoms with Crippen molar-refractivity contribution in [1.82, 2.24) is 19.1 Å². The number of carboxylic acid groups (broad SMARTS) is 1. The summed E-state index contributed by atoms with van der Waals surface area (Å²) in [6.45, 7) is 1.44. The molecular formula is C21H19FN4O4S. The van der Waals surface area contributed by atoms with Gasteiger partial charge in [0.05, 0.1) is 12.0 Å². The molecule has 0 bridgehead atoms. The van der Waals surface area contributed by atoms with E-state index in [9.17, 15) is 22.7 Å². The molecule has 0 aliphatic carbocycles. The van der Waals surface area contributed by atoms with E-state index in [0.717, 1.165) is 0 Å². The molecule has 0 atom stereocenters. The molecule has 1 N–H and O–H groups in total. The van der Waals surface area contributed by atoms with Crippen molar-refractivity contribution in [1.29, 1.82) is 0 Å². The van der Waals surface area contributed by atoms with E-state index in [1.54, 1.807) is 35.2 Å². The first-order valence-corrected chi connectivity index (χ1v) is 10.8. The number of carboxylic acids is 1. The number of hydrogen-bond acceptors (Lipinski definition) is 5. The summed E-state index contributed by atoms with van der Waals surface area (Å²) in [7, 11) is -2.30. The number of benzene rings is 1. The molecule has 4 aromatic rings. The summed E-state index contributed by atoms with van der Waals surface area (Å²) < 4.78 is 43.5. The molecule has 0 unspecified atom stereocenters. The molecule has 1 aromatic carbocycles. The molecule has 3 aromatic heterocycles.